The molecule has 0 atom stereocenters. The van der Waals surface area contributed by atoms with Gasteiger partial charge in [-0.15, -0.1) is 0 Å². The third-order valence-electron chi connectivity index (χ3n) is 3.31. The monoisotopic (exact) mass is 319 g/mol. The summed E-state index contributed by atoms with van der Waals surface area (Å²) in [4.78, 5) is 10.1. The smallest absolute Gasteiger partial charge is 0.121 e. The zero-order valence-corrected chi connectivity index (χ0v) is 13.1. The van der Waals surface area contributed by atoms with Crippen molar-refractivity contribution in [1.29, 1.82) is 0 Å². The Morgan fingerprint density at radius 1 is 1.10 bits per heavy atom. The predicted octanol–water partition coefficient (Wildman–Crippen LogP) is 4.50. The number of rotatable bonds is 4. The maximum absolute atomic E-state index is 6.21. The molecule has 3 nitrogen and oxygen atoms in total. The number of halogens is 2. The SMILES string of the molecule is CN(Cc1nc2ccccc2[nH]1)Cc1ccc(Cl)cc1Cl. The molecule has 21 heavy (non-hydrogen) atoms. The van der Waals surface area contributed by atoms with Gasteiger partial charge in [-0.3, -0.25) is 4.90 Å². The Morgan fingerprint density at radius 3 is 2.67 bits per heavy atom. The molecular formula is C16H15Cl2N3. The largest absolute Gasteiger partial charge is 0.341 e. The highest BCUT2D eigenvalue weighted by molar-refractivity contribution is 6.35. The lowest BCUT2D eigenvalue weighted by molar-refractivity contribution is 0.312. The second-order valence-corrected chi connectivity index (χ2v) is 5.95. The highest BCUT2D eigenvalue weighted by atomic mass is 35.5. The Kier molecular flexibility index (Phi) is 4.15. The summed E-state index contributed by atoms with van der Waals surface area (Å²) in [5, 5.41) is 1.35. The summed E-state index contributed by atoms with van der Waals surface area (Å²) in [6.07, 6.45) is 0. The lowest BCUT2D eigenvalue weighted by Gasteiger charge is -2.16. The fourth-order valence-electron chi connectivity index (χ4n) is 2.33. The van der Waals surface area contributed by atoms with Crippen LogP contribution in [0.15, 0.2) is 42.5 Å². The summed E-state index contributed by atoms with van der Waals surface area (Å²) < 4.78 is 0. The topological polar surface area (TPSA) is 31.9 Å². The summed E-state index contributed by atoms with van der Waals surface area (Å²) in [5.74, 6) is 0.948. The van der Waals surface area contributed by atoms with Gasteiger partial charge in [0, 0.05) is 16.6 Å². The highest BCUT2D eigenvalue weighted by Crippen LogP contribution is 2.22. The average Bonchev–Trinajstić information content (AvgIpc) is 2.84. The molecule has 108 valence electrons. The molecule has 0 aliphatic rings. The maximum atomic E-state index is 6.21. The molecule has 0 radical (unpaired) electrons. The van der Waals surface area contributed by atoms with Crippen molar-refractivity contribution in [2.45, 2.75) is 13.1 Å². The van der Waals surface area contributed by atoms with Gasteiger partial charge in [-0.2, -0.15) is 0 Å². The number of fused-ring (bicyclic) bond motifs is 1. The normalized spacial score (nSPS) is 11.4. The number of benzene rings is 2. The summed E-state index contributed by atoms with van der Waals surface area (Å²) in [7, 11) is 2.04. The number of aromatic amines is 1. The van der Waals surface area contributed by atoms with E-state index >= 15 is 0 Å². The lowest BCUT2D eigenvalue weighted by atomic mass is 10.2. The van der Waals surface area contributed by atoms with E-state index in [0.717, 1.165) is 35.5 Å². The predicted molar refractivity (Wildman–Crippen MR) is 87.7 cm³/mol. The van der Waals surface area contributed by atoms with Gasteiger partial charge in [-0.25, -0.2) is 4.98 Å². The van der Waals surface area contributed by atoms with Crippen molar-refractivity contribution in [3.8, 4) is 0 Å². The second kappa shape index (κ2) is 6.06. The minimum atomic E-state index is 0.656. The van der Waals surface area contributed by atoms with Crippen molar-refractivity contribution < 1.29 is 0 Å². The van der Waals surface area contributed by atoms with E-state index < -0.39 is 0 Å². The molecule has 0 saturated carbocycles. The molecule has 2 aromatic carbocycles. The molecule has 5 heteroatoms. The lowest BCUT2D eigenvalue weighted by Crippen LogP contribution is -2.18. The fourth-order valence-corrected chi connectivity index (χ4v) is 2.80. The number of nitrogens with one attached hydrogen (secondary N) is 1. The summed E-state index contributed by atoms with van der Waals surface area (Å²) >= 11 is 12.1. The van der Waals surface area contributed by atoms with Gasteiger partial charge in [0.15, 0.2) is 0 Å². The van der Waals surface area contributed by atoms with Crippen LogP contribution in [0.1, 0.15) is 11.4 Å². The molecule has 1 heterocycles. The quantitative estimate of drug-likeness (QED) is 0.767. The molecule has 0 unspecified atom stereocenters. The van der Waals surface area contributed by atoms with Gasteiger partial charge >= 0.3 is 0 Å². The molecule has 0 aliphatic heterocycles. The number of imidazole rings is 1. The van der Waals surface area contributed by atoms with Crippen molar-refractivity contribution in [3.63, 3.8) is 0 Å². The Hall–Kier alpha value is -1.55. The molecule has 0 bridgehead atoms. The molecule has 3 aromatic rings. The third kappa shape index (κ3) is 3.38. The Bertz CT molecular complexity index is 734. The first-order valence-corrected chi connectivity index (χ1v) is 7.43. The zero-order chi connectivity index (χ0) is 14.8. The zero-order valence-electron chi connectivity index (χ0n) is 11.6. The van der Waals surface area contributed by atoms with Crippen molar-refractivity contribution >= 4 is 34.2 Å². The number of aromatic nitrogens is 2. The number of para-hydroxylation sites is 2. The van der Waals surface area contributed by atoms with E-state index in [0.29, 0.717) is 10.0 Å². The van der Waals surface area contributed by atoms with E-state index in [2.05, 4.69) is 14.9 Å². The standard InChI is InChI=1S/C16H15Cl2N3/c1-21(9-11-6-7-12(17)8-13(11)18)10-16-19-14-4-2-3-5-15(14)20-16/h2-8H,9-10H2,1H3,(H,19,20). The van der Waals surface area contributed by atoms with Crippen LogP contribution in [0.4, 0.5) is 0 Å². The van der Waals surface area contributed by atoms with Crippen molar-refractivity contribution in [3.05, 3.63) is 63.9 Å². The van der Waals surface area contributed by atoms with E-state index in [1.54, 1.807) is 6.07 Å². The Labute approximate surface area is 133 Å². The number of hydrogen-bond donors (Lipinski definition) is 1. The van der Waals surface area contributed by atoms with Gasteiger partial charge in [0.05, 0.1) is 17.6 Å². The van der Waals surface area contributed by atoms with Crippen LogP contribution in [0, 0.1) is 0 Å². The molecule has 0 fully saturated rings. The Balaban J connectivity index is 1.72. The summed E-state index contributed by atoms with van der Waals surface area (Å²) in [6.45, 7) is 1.47. The van der Waals surface area contributed by atoms with Crippen LogP contribution in [0.25, 0.3) is 11.0 Å². The van der Waals surface area contributed by atoms with Crippen LogP contribution < -0.4 is 0 Å². The molecule has 0 spiro atoms. The number of hydrogen-bond acceptors (Lipinski definition) is 2. The first-order valence-electron chi connectivity index (χ1n) is 6.68. The van der Waals surface area contributed by atoms with Gasteiger partial charge in [-0.05, 0) is 36.9 Å². The third-order valence-corrected chi connectivity index (χ3v) is 3.90. The van der Waals surface area contributed by atoms with Crippen LogP contribution in [-0.4, -0.2) is 21.9 Å². The molecule has 1 N–H and O–H groups in total. The van der Waals surface area contributed by atoms with Gasteiger partial charge < -0.3 is 4.98 Å². The van der Waals surface area contributed by atoms with Crippen molar-refractivity contribution in [2.75, 3.05) is 7.05 Å². The molecule has 0 aliphatic carbocycles. The maximum Gasteiger partial charge on any atom is 0.121 e. The second-order valence-electron chi connectivity index (χ2n) is 5.11. The van der Waals surface area contributed by atoms with Gasteiger partial charge in [-0.1, -0.05) is 41.4 Å². The van der Waals surface area contributed by atoms with E-state index in [4.69, 9.17) is 23.2 Å². The Morgan fingerprint density at radius 2 is 1.90 bits per heavy atom. The number of H-pyrrole nitrogens is 1. The molecule has 0 amide bonds. The van der Waals surface area contributed by atoms with E-state index in [9.17, 15) is 0 Å². The van der Waals surface area contributed by atoms with Crippen LogP contribution >= 0.6 is 23.2 Å². The summed E-state index contributed by atoms with van der Waals surface area (Å²) in [5.41, 5.74) is 3.11. The highest BCUT2D eigenvalue weighted by Gasteiger charge is 2.08. The van der Waals surface area contributed by atoms with Crippen molar-refractivity contribution in [2.24, 2.45) is 0 Å². The van der Waals surface area contributed by atoms with Crippen LogP contribution in [0.5, 0.6) is 0 Å². The molecule has 3 rings (SSSR count). The molecular weight excluding hydrogens is 305 g/mol. The van der Waals surface area contributed by atoms with Gasteiger partial charge in [0.2, 0.25) is 0 Å². The van der Waals surface area contributed by atoms with E-state index in [1.807, 2.05) is 43.4 Å². The van der Waals surface area contributed by atoms with Crippen LogP contribution in [-0.2, 0) is 13.1 Å². The van der Waals surface area contributed by atoms with Crippen LogP contribution in [0.3, 0.4) is 0 Å². The first kappa shape index (κ1) is 14.4. The van der Waals surface area contributed by atoms with E-state index in [-0.39, 0.29) is 0 Å². The minimum Gasteiger partial charge on any atom is -0.341 e. The minimum absolute atomic E-state index is 0.656. The average molecular weight is 320 g/mol. The van der Waals surface area contributed by atoms with E-state index in [1.165, 1.54) is 0 Å². The summed E-state index contributed by atoms with van der Waals surface area (Å²) in [6, 6.07) is 13.6. The molecule has 0 saturated heterocycles. The first-order chi connectivity index (χ1) is 10.1. The fraction of sp³-hybridized carbons (Fsp3) is 0.188. The number of nitrogens with zero attached hydrogens (tertiary/aromatic N) is 2. The van der Waals surface area contributed by atoms with Gasteiger partial charge in [0.25, 0.3) is 0 Å². The molecule has 1 aromatic heterocycles. The van der Waals surface area contributed by atoms with Crippen LogP contribution in [0.2, 0.25) is 10.0 Å². The van der Waals surface area contributed by atoms with Gasteiger partial charge in [0.1, 0.15) is 5.82 Å². The van der Waals surface area contributed by atoms with Crippen molar-refractivity contribution in [1.82, 2.24) is 14.9 Å².